The Bertz CT molecular complexity index is 1080. The van der Waals surface area contributed by atoms with Crippen molar-refractivity contribution in [2.75, 3.05) is 12.4 Å². The topological polar surface area (TPSA) is 56.1 Å². The number of nitrogens with one attached hydrogen (secondary N) is 1. The summed E-state index contributed by atoms with van der Waals surface area (Å²) < 4.78 is 21.0. The summed E-state index contributed by atoms with van der Waals surface area (Å²) in [7, 11) is 1.56. The van der Waals surface area contributed by atoms with Crippen LogP contribution in [0, 0.1) is 11.2 Å². The van der Waals surface area contributed by atoms with Gasteiger partial charge in [0.2, 0.25) is 0 Å². The van der Waals surface area contributed by atoms with Crippen molar-refractivity contribution in [3.05, 3.63) is 54.0 Å². The van der Waals surface area contributed by atoms with Gasteiger partial charge in [-0.1, -0.05) is 6.07 Å². The quantitative estimate of drug-likeness (QED) is 0.652. The van der Waals surface area contributed by atoms with E-state index in [1.54, 1.807) is 13.2 Å². The highest BCUT2D eigenvalue weighted by Gasteiger charge is 2.45. The normalized spacial score (nSPS) is 18.1. The first-order valence-electron chi connectivity index (χ1n) is 10.2. The van der Waals surface area contributed by atoms with Crippen molar-refractivity contribution in [3.8, 4) is 5.75 Å². The standard InChI is InChI=1S/C23H24FN3O2/c1-29-21-13-19-16(12-20(21)25-22(28)15-3-2-4-17(24)11-15)14-27(26-19)18-5-7-23(8-6-18)9-10-23/h2-4,11-14,18H,5-10H2,1H3,(H,25,28). The van der Waals surface area contributed by atoms with Gasteiger partial charge in [-0.15, -0.1) is 0 Å². The number of halogens is 1. The van der Waals surface area contributed by atoms with Crippen molar-refractivity contribution in [1.29, 1.82) is 0 Å². The Morgan fingerprint density at radius 2 is 2.00 bits per heavy atom. The highest BCUT2D eigenvalue weighted by Crippen LogP contribution is 2.57. The largest absolute Gasteiger partial charge is 0.494 e. The number of anilines is 1. The summed E-state index contributed by atoms with van der Waals surface area (Å²) in [4.78, 5) is 12.5. The van der Waals surface area contributed by atoms with E-state index in [1.807, 2.05) is 12.1 Å². The van der Waals surface area contributed by atoms with Crippen molar-refractivity contribution in [3.63, 3.8) is 0 Å². The summed E-state index contributed by atoms with van der Waals surface area (Å²) in [5.41, 5.74) is 2.31. The van der Waals surface area contributed by atoms with Crippen LogP contribution in [-0.4, -0.2) is 22.8 Å². The summed E-state index contributed by atoms with van der Waals surface area (Å²) in [5.74, 6) is -0.286. The van der Waals surface area contributed by atoms with Crippen LogP contribution in [0.15, 0.2) is 42.6 Å². The highest BCUT2D eigenvalue weighted by atomic mass is 19.1. The summed E-state index contributed by atoms with van der Waals surface area (Å²) in [5, 5.41) is 8.57. The lowest BCUT2D eigenvalue weighted by Gasteiger charge is -2.28. The van der Waals surface area contributed by atoms with E-state index >= 15 is 0 Å². The van der Waals surface area contributed by atoms with Gasteiger partial charge in [-0.05, 0) is 68.2 Å². The van der Waals surface area contributed by atoms with E-state index in [-0.39, 0.29) is 11.5 Å². The molecule has 5 nitrogen and oxygen atoms in total. The summed E-state index contributed by atoms with van der Waals surface area (Å²) in [6, 6.07) is 9.78. The number of benzene rings is 2. The Kier molecular flexibility index (Phi) is 4.30. The molecule has 3 aromatic rings. The fraction of sp³-hybridized carbons (Fsp3) is 0.391. The molecule has 0 radical (unpaired) electrons. The zero-order valence-corrected chi connectivity index (χ0v) is 16.5. The molecule has 0 unspecified atom stereocenters. The number of hydrogen-bond donors (Lipinski definition) is 1. The number of carbonyl (C=O) groups is 1. The Hall–Kier alpha value is -2.89. The van der Waals surface area contributed by atoms with Crippen molar-refractivity contribution >= 4 is 22.5 Å². The zero-order valence-electron chi connectivity index (χ0n) is 16.5. The number of hydrogen-bond acceptors (Lipinski definition) is 3. The zero-order chi connectivity index (χ0) is 20.0. The lowest BCUT2D eigenvalue weighted by atomic mass is 9.83. The first-order chi connectivity index (χ1) is 14.0. The second-order valence-corrected chi connectivity index (χ2v) is 8.42. The molecule has 2 saturated carbocycles. The van der Waals surface area contributed by atoms with E-state index < -0.39 is 5.82 Å². The number of aromatic nitrogens is 2. The minimum absolute atomic E-state index is 0.263. The van der Waals surface area contributed by atoms with E-state index in [4.69, 9.17) is 9.84 Å². The van der Waals surface area contributed by atoms with Gasteiger partial charge in [0.25, 0.3) is 5.91 Å². The predicted octanol–water partition coefficient (Wildman–Crippen LogP) is 5.33. The lowest BCUT2D eigenvalue weighted by molar-refractivity contribution is 0.102. The number of ether oxygens (including phenoxy) is 1. The molecule has 2 aliphatic rings. The smallest absolute Gasteiger partial charge is 0.255 e. The molecule has 1 heterocycles. The van der Waals surface area contributed by atoms with Crippen LogP contribution in [0.4, 0.5) is 10.1 Å². The molecule has 150 valence electrons. The maximum Gasteiger partial charge on any atom is 0.255 e. The number of nitrogens with zero attached hydrogens (tertiary/aromatic N) is 2. The predicted molar refractivity (Wildman–Crippen MR) is 110 cm³/mol. The third kappa shape index (κ3) is 3.48. The van der Waals surface area contributed by atoms with Crippen LogP contribution < -0.4 is 10.1 Å². The monoisotopic (exact) mass is 393 g/mol. The van der Waals surface area contributed by atoms with Gasteiger partial charge in [0.05, 0.1) is 24.4 Å². The van der Waals surface area contributed by atoms with Crippen molar-refractivity contribution in [2.24, 2.45) is 5.41 Å². The number of methoxy groups -OCH3 is 1. The molecule has 1 amide bonds. The number of amides is 1. The van der Waals surface area contributed by atoms with Crippen LogP contribution in [-0.2, 0) is 0 Å². The van der Waals surface area contributed by atoms with Gasteiger partial charge < -0.3 is 10.1 Å². The van der Waals surface area contributed by atoms with E-state index in [0.29, 0.717) is 22.9 Å². The average molecular weight is 393 g/mol. The van der Waals surface area contributed by atoms with Gasteiger partial charge in [-0.3, -0.25) is 9.48 Å². The fourth-order valence-electron chi connectivity index (χ4n) is 4.51. The van der Waals surface area contributed by atoms with Crippen LogP contribution in [0.5, 0.6) is 5.75 Å². The number of carbonyl (C=O) groups excluding carboxylic acids is 1. The second-order valence-electron chi connectivity index (χ2n) is 8.42. The molecule has 0 bridgehead atoms. The molecule has 2 fully saturated rings. The average Bonchev–Trinajstić information content (AvgIpc) is 3.34. The maximum atomic E-state index is 13.4. The molecule has 1 spiro atoms. The van der Waals surface area contributed by atoms with Crippen molar-refractivity contribution in [1.82, 2.24) is 9.78 Å². The van der Waals surface area contributed by atoms with Crippen LogP contribution >= 0.6 is 0 Å². The Labute approximate surface area is 168 Å². The first-order valence-corrected chi connectivity index (χ1v) is 10.2. The molecule has 29 heavy (non-hydrogen) atoms. The molecule has 2 aliphatic carbocycles. The van der Waals surface area contributed by atoms with Crippen LogP contribution in [0.25, 0.3) is 10.9 Å². The maximum absolute atomic E-state index is 13.4. The van der Waals surface area contributed by atoms with E-state index in [0.717, 1.165) is 10.9 Å². The lowest BCUT2D eigenvalue weighted by Crippen LogP contribution is -2.19. The third-order valence-corrected chi connectivity index (χ3v) is 6.53. The van der Waals surface area contributed by atoms with Gasteiger partial charge in [0.1, 0.15) is 11.6 Å². The minimum Gasteiger partial charge on any atom is -0.494 e. The molecule has 6 heteroatoms. The molecular weight excluding hydrogens is 369 g/mol. The number of fused-ring (bicyclic) bond motifs is 1. The first kappa shape index (κ1) is 18.2. The van der Waals surface area contributed by atoms with Crippen molar-refractivity contribution in [2.45, 2.75) is 44.6 Å². The Morgan fingerprint density at radius 3 is 2.69 bits per heavy atom. The molecule has 1 N–H and O–H groups in total. The fourth-order valence-corrected chi connectivity index (χ4v) is 4.51. The highest BCUT2D eigenvalue weighted by molar-refractivity contribution is 6.06. The minimum atomic E-state index is -0.443. The van der Waals surface area contributed by atoms with Crippen LogP contribution in [0.1, 0.15) is 54.9 Å². The molecule has 0 atom stereocenters. The Morgan fingerprint density at radius 1 is 1.21 bits per heavy atom. The molecular formula is C23H24FN3O2. The van der Waals surface area contributed by atoms with E-state index in [9.17, 15) is 9.18 Å². The molecule has 0 saturated heterocycles. The third-order valence-electron chi connectivity index (χ3n) is 6.53. The van der Waals surface area contributed by atoms with Crippen molar-refractivity contribution < 1.29 is 13.9 Å². The summed E-state index contributed by atoms with van der Waals surface area (Å²) in [6.07, 6.45) is 9.79. The van der Waals surface area contributed by atoms with Crippen LogP contribution in [0.3, 0.4) is 0 Å². The van der Waals surface area contributed by atoms with Gasteiger partial charge in [-0.2, -0.15) is 5.10 Å². The molecule has 0 aliphatic heterocycles. The van der Waals surface area contributed by atoms with Crippen LogP contribution in [0.2, 0.25) is 0 Å². The molecule has 1 aromatic heterocycles. The van der Waals surface area contributed by atoms with Gasteiger partial charge in [-0.25, -0.2) is 4.39 Å². The van der Waals surface area contributed by atoms with E-state index in [2.05, 4.69) is 16.2 Å². The molecule has 2 aromatic carbocycles. The van der Waals surface area contributed by atoms with Gasteiger partial charge in [0.15, 0.2) is 0 Å². The van der Waals surface area contributed by atoms with Gasteiger partial charge in [0, 0.05) is 23.2 Å². The van der Waals surface area contributed by atoms with E-state index in [1.165, 1.54) is 56.7 Å². The van der Waals surface area contributed by atoms with Gasteiger partial charge >= 0.3 is 0 Å². The SMILES string of the molecule is COc1cc2nn(C3CCC4(CC3)CC4)cc2cc1NC(=O)c1cccc(F)c1. The summed E-state index contributed by atoms with van der Waals surface area (Å²) >= 11 is 0. The number of rotatable bonds is 4. The molecule has 5 rings (SSSR count). The Balaban J connectivity index is 1.41. The second kappa shape index (κ2) is 6.87. The summed E-state index contributed by atoms with van der Waals surface area (Å²) in [6.45, 7) is 0.